The molecule has 0 amide bonds. The van der Waals surface area contributed by atoms with Crippen LogP contribution in [-0.2, 0) is 7.05 Å². The molecule has 17 heavy (non-hydrogen) atoms. The number of ether oxygens (including phenoxy) is 1. The van der Waals surface area contributed by atoms with Gasteiger partial charge in [0.15, 0.2) is 5.75 Å². The molecule has 0 aliphatic heterocycles. The first-order valence-electron chi connectivity index (χ1n) is 6.39. The Balaban J connectivity index is 2.62. The molecule has 4 nitrogen and oxygen atoms in total. The Morgan fingerprint density at radius 1 is 1.47 bits per heavy atom. The van der Waals surface area contributed by atoms with Gasteiger partial charge >= 0.3 is 0 Å². The number of aryl methyl sites for hydroxylation is 1. The molecule has 0 bridgehead atoms. The van der Waals surface area contributed by atoms with E-state index in [1.807, 2.05) is 11.7 Å². The molecule has 2 unspecified atom stereocenters. The predicted molar refractivity (Wildman–Crippen MR) is 70.5 cm³/mol. The highest BCUT2D eigenvalue weighted by molar-refractivity contribution is 5.28. The van der Waals surface area contributed by atoms with Crippen molar-refractivity contribution in [1.82, 2.24) is 15.1 Å². The van der Waals surface area contributed by atoms with Crippen LogP contribution in [0.5, 0.6) is 5.75 Å². The van der Waals surface area contributed by atoms with E-state index in [1.165, 1.54) is 12.1 Å². The number of methoxy groups -OCH3 is 1. The van der Waals surface area contributed by atoms with Crippen LogP contribution in [0.1, 0.15) is 45.2 Å². The lowest BCUT2D eigenvalue weighted by Crippen LogP contribution is -2.28. The van der Waals surface area contributed by atoms with Crippen LogP contribution < -0.4 is 10.1 Å². The van der Waals surface area contributed by atoms with Gasteiger partial charge in [-0.2, -0.15) is 5.10 Å². The Kier molecular flexibility index (Phi) is 5.48. The van der Waals surface area contributed by atoms with Crippen LogP contribution in [0.3, 0.4) is 0 Å². The SMILES string of the molecule is CCCNC(C)CC(C)c1c(OC)cnn1C. The second-order valence-electron chi connectivity index (χ2n) is 4.71. The van der Waals surface area contributed by atoms with E-state index in [0.29, 0.717) is 12.0 Å². The van der Waals surface area contributed by atoms with Crippen LogP contribution in [-0.4, -0.2) is 29.5 Å². The zero-order valence-corrected chi connectivity index (χ0v) is 11.7. The first-order chi connectivity index (χ1) is 8.10. The van der Waals surface area contributed by atoms with Crippen molar-refractivity contribution in [1.29, 1.82) is 0 Å². The molecule has 2 atom stereocenters. The van der Waals surface area contributed by atoms with Gasteiger partial charge in [-0.25, -0.2) is 0 Å². The molecule has 0 aromatic carbocycles. The van der Waals surface area contributed by atoms with Crippen LogP contribution in [0.4, 0.5) is 0 Å². The normalized spacial score (nSPS) is 14.6. The lowest BCUT2D eigenvalue weighted by Gasteiger charge is -2.19. The van der Waals surface area contributed by atoms with E-state index in [2.05, 4.69) is 31.2 Å². The number of nitrogens with zero attached hydrogens (tertiary/aromatic N) is 2. The second kappa shape index (κ2) is 6.64. The van der Waals surface area contributed by atoms with Crippen molar-refractivity contribution in [2.24, 2.45) is 7.05 Å². The lowest BCUT2D eigenvalue weighted by molar-refractivity contribution is 0.396. The summed E-state index contributed by atoms with van der Waals surface area (Å²) in [5, 5.41) is 7.76. The van der Waals surface area contributed by atoms with Crippen molar-refractivity contribution >= 4 is 0 Å². The third kappa shape index (κ3) is 3.73. The quantitative estimate of drug-likeness (QED) is 0.793. The van der Waals surface area contributed by atoms with Gasteiger partial charge in [0.25, 0.3) is 0 Å². The number of aromatic nitrogens is 2. The van der Waals surface area contributed by atoms with Crippen molar-refractivity contribution in [3.8, 4) is 5.75 Å². The molecule has 1 aromatic rings. The number of hydrogen-bond donors (Lipinski definition) is 1. The second-order valence-corrected chi connectivity index (χ2v) is 4.71. The third-order valence-corrected chi connectivity index (χ3v) is 3.09. The summed E-state index contributed by atoms with van der Waals surface area (Å²) in [6, 6.07) is 0.518. The van der Waals surface area contributed by atoms with E-state index >= 15 is 0 Å². The largest absolute Gasteiger partial charge is 0.493 e. The molecular formula is C13H25N3O. The highest BCUT2D eigenvalue weighted by atomic mass is 16.5. The van der Waals surface area contributed by atoms with Gasteiger partial charge in [-0.15, -0.1) is 0 Å². The van der Waals surface area contributed by atoms with Gasteiger partial charge in [0, 0.05) is 19.0 Å². The van der Waals surface area contributed by atoms with E-state index < -0.39 is 0 Å². The molecule has 98 valence electrons. The van der Waals surface area contributed by atoms with Gasteiger partial charge in [-0.1, -0.05) is 13.8 Å². The highest BCUT2D eigenvalue weighted by Gasteiger charge is 2.18. The van der Waals surface area contributed by atoms with Crippen LogP contribution in [0.2, 0.25) is 0 Å². The molecule has 0 radical (unpaired) electrons. The fraction of sp³-hybridized carbons (Fsp3) is 0.769. The summed E-state index contributed by atoms with van der Waals surface area (Å²) in [6.45, 7) is 7.72. The molecule has 1 aromatic heterocycles. The molecule has 0 spiro atoms. The molecule has 4 heteroatoms. The van der Waals surface area contributed by atoms with Gasteiger partial charge in [0.05, 0.1) is 19.0 Å². The average Bonchev–Trinajstić information content (AvgIpc) is 2.67. The minimum Gasteiger partial charge on any atom is -0.493 e. The van der Waals surface area contributed by atoms with Crippen molar-refractivity contribution in [3.63, 3.8) is 0 Å². The zero-order valence-electron chi connectivity index (χ0n) is 11.7. The molecule has 1 heterocycles. The molecule has 0 aliphatic rings. The molecule has 0 aliphatic carbocycles. The maximum Gasteiger partial charge on any atom is 0.160 e. The van der Waals surface area contributed by atoms with E-state index in [0.717, 1.165) is 18.7 Å². The molecule has 0 saturated carbocycles. The van der Waals surface area contributed by atoms with Crippen LogP contribution in [0.15, 0.2) is 6.20 Å². The highest BCUT2D eigenvalue weighted by Crippen LogP contribution is 2.28. The van der Waals surface area contributed by atoms with Crippen LogP contribution >= 0.6 is 0 Å². The number of rotatable bonds is 7. The Bertz CT molecular complexity index is 335. The monoisotopic (exact) mass is 239 g/mol. The Morgan fingerprint density at radius 2 is 2.18 bits per heavy atom. The summed E-state index contributed by atoms with van der Waals surface area (Å²) in [6.07, 6.45) is 4.06. The average molecular weight is 239 g/mol. The molecule has 0 saturated heterocycles. The summed E-state index contributed by atoms with van der Waals surface area (Å²) in [5.74, 6) is 1.33. The maximum atomic E-state index is 5.35. The first kappa shape index (κ1) is 14.0. The minimum atomic E-state index is 0.441. The summed E-state index contributed by atoms with van der Waals surface area (Å²) in [5.41, 5.74) is 1.18. The van der Waals surface area contributed by atoms with Crippen molar-refractivity contribution in [2.45, 2.75) is 45.6 Å². The third-order valence-electron chi connectivity index (χ3n) is 3.09. The van der Waals surface area contributed by atoms with E-state index in [-0.39, 0.29) is 0 Å². The minimum absolute atomic E-state index is 0.441. The number of hydrogen-bond acceptors (Lipinski definition) is 3. The summed E-state index contributed by atoms with van der Waals surface area (Å²) in [7, 11) is 3.67. The standard InChI is InChI=1S/C13H25N3O/c1-6-7-14-11(3)8-10(2)13-12(17-5)9-15-16(13)4/h9-11,14H,6-8H2,1-5H3. The first-order valence-corrected chi connectivity index (χ1v) is 6.39. The van der Waals surface area contributed by atoms with E-state index in [4.69, 9.17) is 4.74 Å². The molecule has 0 fully saturated rings. The Morgan fingerprint density at radius 3 is 2.76 bits per heavy atom. The molecule has 1 N–H and O–H groups in total. The summed E-state index contributed by atoms with van der Waals surface area (Å²) >= 11 is 0. The predicted octanol–water partition coefficient (Wildman–Crippen LogP) is 2.31. The van der Waals surface area contributed by atoms with Crippen molar-refractivity contribution in [3.05, 3.63) is 11.9 Å². The van der Waals surface area contributed by atoms with Gasteiger partial charge < -0.3 is 10.1 Å². The van der Waals surface area contributed by atoms with Crippen molar-refractivity contribution < 1.29 is 4.74 Å². The maximum absolute atomic E-state index is 5.35. The Hall–Kier alpha value is -1.03. The smallest absolute Gasteiger partial charge is 0.160 e. The summed E-state index contributed by atoms with van der Waals surface area (Å²) in [4.78, 5) is 0. The number of nitrogens with one attached hydrogen (secondary N) is 1. The van der Waals surface area contributed by atoms with E-state index in [1.54, 1.807) is 13.3 Å². The van der Waals surface area contributed by atoms with Crippen LogP contribution in [0.25, 0.3) is 0 Å². The van der Waals surface area contributed by atoms with E-state index in [9.17, 15) is 0 Å². The van der Waals surface area contributed by atoms with Crippen LogP contribution in [0, 0.1) is 0 Å². The van der Waals surface area contributed by atoms with Gasteiger partial charge in [-0.05, 0) is 26.3 Å². The fourth-order valence-corrected chi connectivity index (χ4v) is 2.26. The molecular weight excluding hydrogens is 214 g/mol. The Labute approximate surface area is 104 Å². The summed E-state index contributed by atoms with van der Waals surface area (Å²) < 4.78 is 7.26. The van der Waals surface area contributed by atoms with Gasteiger partial charge in [-0.3, -0.25) is 4.68 Å². The lowest BCUT2D eigenvalue weighted by atomic mass is 9.98. The molecule has 1 rings (SSSR count). The van der Waals surface area contributed by atoms with Gasteiger partial charge in [0.1, 0.15) is 0 Å². The zero-order chi connectivity index (χ0) is 12.8. The van der Waals surface area contributed by atoms with Gasteiger partial charge in [0.2, 0.25) is 0 Å². The fourth-order valence-electron chi connectivity index (χ4n) is 2.26. The topological polar surface area (TPSA) is 39.1 Å². The van der Waals surface area contributed by atoms with Crippen molar-refractivity contribution in [2.75, 3.05) is 13.7 Å².